The monoisotopic (exact) mass is 335 g/mol. The predicted molar refractivity (Wildman–Crippen MR) is 99.2 cm³/mol. The molecule has 3 aromatic heterocycles. The van der Waals surface area contributed by atoms with Crippen LogP contribution < -0.4 is 0 Å². The topological polar surface area (TPSA) is 36.7 Å². The second-order valence-corrected chi connectivity index (χ2v) is 7.13. The fourth-order valence-electron chi connectivity index (χ4n) is 4.17. The summed E-state index contributed by atoms with van der Waals surface area (Å²) in [6, 6.07) is 11.0. The van der Waals surface area contributed by atoms with E-state index in [4.69, 9.17) is 0 Å². The molecular weight excluding hydrogens is 310 g/mol. The van der Waals surface area contributed by atoms with Crippen LogP contribution in [0.1, 0.15) is 23.7 Å². The van der Waals surface area contributed by atoms with Gasteiger partial charge >= 0.3 is 0 Å². The summed E-state index contributed by atoms with van der Waals surface area (Å²) in [6.07, 6.45) is 9.01. The van der Waals surface area contributed by atoms with E-state index in [-0.39, 0.29) is 0 Å². The van der Waals surface area contributed by atoms with Crippen molar-refractivity contribution in [1.82, 2.24) is 24.2 Å². The Morgan fingerprint density at radius 1 is 1.20 bits per heavy atom. The minimum Gasteiger partial charge on any atom is -0.303 e. The summed E-state index contributed by atoms with van der Waals surface area (Å²) in [7, 11) is 4.44. The van der Waals surface area contributed by atoms with Gasteiger partial charge in [0.25, 0.3) is 0 Å². The molecule has 4 heterocycles. The Morgan fingerprint density at radius 2 is 2.12 bits per heavy atom. The average Bonchev–Trinajstić information content (AvgIpc) is 3.23. The molecule has 0 aliphatic carbocycles. The Hall–Kier alpha value is -2.24. The lowest BCUT2D eigenvalue weighted by molar-refractivity contribution is 0.212. The van der Waals surface area contributed by atoms with Gasteiger partial charge in [-0.25, -0.2) is 4.98 Å². The molecule has 130 valence electrons. The van der Waals surface area contributed by atoms with E-state index < -0.39 is 0 Å². The summed E-state index contributed by atoms with van der Waals surface area (Å²) in [6.45, 7) is 3.15. The molecule has 4 rings (SSSR count). The van der Waals surface area contributed by atoms with Gasteiger partial charge in [-0.05, 0) is 56.7 Å². The Bertz CT molecular complexity index is 828. The van der Waals surface area contributed by atoms with Crippen LogP contribution >= 0.6 is 0 Å². The summed E-state index contributed by atoms with van der Waals surface area (Å²) in [5.74, 6) is 0.626. The molecule has 25 heavy (non-hydrogen) atoms. The van der Waals surface area contributed by atoms with E-state index in [0.29, 0.717) is 12.0 Å². The van der Waals surface area contributed by atoms with Crippen LogP contribution in [0.2, 0.25) is 0 Å². The molecule has 0 radical (unpaired) electrons. The summed E-state index contributed by atoms with van der Waals surface area (Å²) < 4.78 is 2.18. The van der Waals surface area contributed by atoms with Gasteiger partial charge in [0.15, 0.2) is 0 Å². The molecule has 5 heteroatoms. The third-order valence-electron chi connectivity index (χ3n) is 5.29. The number of nitrogens with zero attached hydrogens (tertiary/aromatic N) is 5. The molecule has 1 aliphatic heterocycles. The molecule has 0 N–H and O–H groups in total. The van der Waals surface area contributed by atoms with Crippen LogP contribution in [0.25, 0.3) is 5.65 Å². The van der Waals surface area contributed by atoms with E-state index in [9.17, 15) is 0 Å². The summed E-state index contributed by atoms with van der Waals surface area (Å²) >= 11 is 0. The van der Waals surface area contributed by atoms with Gasteiger partial charge in [-0.1, -0.05) is 12.1 Å². The first-order chi connectivity index (χ1) is 12.2. The highest BCUT2D eigenvalue weighted by atomic mass is 15.2. The number of hydrogen-bond donors (Lipinski definition) is 0. The molecule has 5 nitrogen and oxygen atoms in total. The van der Waals surface area contributed by atoms with Crippen molar-refractivity contribution in [1.29, 1.82) is 0 Å². The van der Waals surface area contributed by atoms with Gasteiger partial charge in [-0.3, -0.25) is 9.88 Å². The maximum absolute atomic E-state index is 4.38. The molecule has 0 aromatic carbocycles. The van der Waals surface area contributed by atoms with E-state index in [1.807, 2.05) is 36.9 Å². The molecule has 1 fully saturated rings. The van der Waals surface area contributed by atoms with Crippen LogP contribution in [0.15, 0.2) is 55.1 Å². The Kier molecular flexibility index (Phi) is 4.51. The normalized spacial score (nSPS) is 21.4. The molecule has 1 aliphatic rings. The molecule has 3 aromatic rings. The zero-order chi connectivity index (χ0) is 17.2. The standard InChI is InChI=1S/C20H25N5/c1-23(15-18-6-3-7-19-22-10-12-25(18)19)14-17-8-11-24(2)20(17)16-5-4-9-21-13-16/h3-7,9-10,12-13,17,20H,8,11,14-15H2,1-2H3/t17-,20-/m0/s1. The third-order valence-corrected chi connectivity index (χ3v) is 5.29. The fourth-order valence-corrected chi connectivity index (χ4v) is 4.17. The number of pyridine rings is 2. The minimum absolute atomic E-state index is 0.459. The minimum atomic E-state index is 0.459. The number of fused-ring (bicyclic) bond motifs is 1. The lowest BCUT2D eigenvalue weighted by Crippen LogP contribution is -2.30. The highest BCUT2D eigenvalue weighted by Gasteiger charge is 2.33. The largest absolute Gasteiger partial charge is 0.303 e. The number of aromatic nitrogens is 3. The fraction of sp³-hybridized carbons (Fsp3) is 0.400. The van der Waals surface area contributed by atoms with Crippen LogP contribution in [-0.2, 0) is 6.54 Å². The summed E-state index contributed by atoms with van der Waals surface area (Å²) in [5, 5.41) is 0. The van der Waals surface area contributed by atoms with Crippen molar-refractivity contribution in [2.24, 2.45) is 5.92 Å². The Morgan fingerprint density at radius 3 is 2.96 bits per heavy atom. The molecular formula is C20H25N5. The molecule has 0 bridgehead atoms. The lowest BCUT2D eigenvalue weighted by atomic mass is 9.94. The van der Waals surface area contributed by atoms with Crippen molar-refractivity contribution in [3.05, 3.63) is 66.4 Å². The van der Waals surface area contributed by atoms with Crippen LogP contribution in [-0.4, -0.2) is 51.4 Å². The first-order valence-corrected chi connectivity index (χ1v) is 8.92. The van der Waals surface area contributed by atoms with Gasteiger partial charge in [0.05, 0.1) is 0 Å². The van der Waals surface area contributed by atoms with E-state index in [1.165, 1.54) is 17.7 Å². The second kappa shape index (κ2) is 6.94. The molecule has 0 saturated carbocycles. The molecule has 2 atom stereocenters. The SMILES string of the molecule is CN(Cc1cccc2nccn12)C[C@@H]1CCN(C)[C@H]1c1cccnc1. The first kappa shape index (κ1) is 16.2. The van der Waals surface area contributed by atoms with Crippen molar-refractivity contribution in [2.45, 2.75) is 19.0 Å². The average molecular weight is 335 g/mol. The maximum Gasteiger partial charge on any atom is 0.136 e. The highest BCUT2D eigenvalue weighted by molar-refractivity contribution is 5.39. The van der Waals surface area contributed by atoms with Crippen molar-refractivity contribution in [3.63, 3.8) is 0 Å². The van der Waals surface area contributed by atoms with Gasteiger partial charge in [-0.15, -0.1) is 0 Å². The zero-order valence-corrected chi connectivity index (χ0v) is 14.9. The highest BCUT2D eigenvalue weighted by Crippen LogP contribution is 2.36. The van der Waals surface area contributed by atoms with Crippen molar-refractivity contribution < 1.29 is 0 Å². The van der Waals surface area contributed by atoms with Crippen LogP contribution in [0, 0.1) is 5.92 Å². The van der Waals surface area contributed by atoms with Gasteiger partial charge in [0, 0.05) is 49.6 Å². The van der Waals surface area contributed by atoms with E-state index in [2.05, 4.69) is 56.5 Å². The third kappa shape index (κ3) is 3.30. The number of likely N-dealkylation sites (tertiary alicyclic amines) is 1. The maximum atomic E-state index is 4.38. The zero-order valence-electron chi connectivity index (χ0n) is 14.9. The van der Waals surface area contributed by atoms with Gasteiger partial charge < -0.3 is 9.30 Å². The Labute approximate surface area is 148 Å². The molecule has 0 spiro atoms. The number of hydrogen-bond acceptors (Lipinski definition) is 4. The van der Waals surface area contributed by atoms with E-state index in [0.717, 1.165) is 25.3 Å². The van der Waals surface area contributed by atoms with Gasteiger partial charge in [0.2, 0.25) is 0 Å². The van der Waals surface area contributed by atoms with Gasteiger partial charge in [0.1, 0.15) is 5.65 Å². The predicted octanol–water partition coefficient (Wildman–Crippen LogP) is 2.85. The van der Waals surface area contributed by atoms with Crippen LogP contribution in [0.4, 0.5) is 0 Å². The van der Waals surface area contributed by atoms with Gasteiger partial charge in [-0.2, -0.15) is 0 Å². The number of rotatable bonds is 5. The molecule has 0 unspecified atom stereocenters. The number of imidazole rings is 1. The lowest BCUT2D eigenvalue weighted by Gasteiger charge is -2.28. The summed E-state index contributed by atoms with van der Waals surface area (Å²) in [5.41, 5.74) is 3.62. The van der Waals surface area contributed by atoms with Crippen LogP contribution in [0.5, 0.6) is 0 Å². The second-order valence-electron chi connectivity index (χ2n) is 7.13. The Balaban J connectivity index is 1.48. The van der Waals surface area contributed by atoms with Crippen LogP contribution in [0.3, 0.4) is 0 Å². The smallest absolute Gasteiger partial charge is 0.136 e. The van der Waals surface area contributed by atoms with Crippen molar-refractivity contribution in [3.8, 4) is 0 Å². The summed E-state index contributed by atoms with van der Waals surface area (Å²) in [4.78, 5) is 13.6. The van der Waals surface area contributed by atoms with Crippen molar-refractivity contribution >= 4 is 5.65 Å². The van der Waals surface area contributed by atoms with E-state index in [1.54, 1.807) is 0 Å². The quantitative estimate of drug-likeness (QED) is 0.718. The molecule has 1 saturated heterocycles. The first-order valence-electron chi connectivity index (χ1n) is 8.92. The molecule has 0 amide bonds. The van der Waals surface area contributed by atoms with E-state index >= 15 is 0 Å². The van der Waals surface area contributed by atoms with Crippen molar-refractivity contribution in [2.75, 3.05) is 27.2 Å².